The molecule has 1 aliphatic rings. The minimum atomic E-state index is -0.0958. The molecule has 0 unspecified atom stereocenters. The third-order valence-corrected chi connectivity index (χ3v) is 3.09. The van der Waals surface area contributed by atoms with Gasteiger partial charge in [0.15, 0.2) is 0 Å². The van der Waals surface area contributed by atoms with Crippen LogP contribution in [0, 0.1) is 0 Å². The van der Waals surface area contributed by atoms with Crippen molar-refractivity contribution in [2.45, 2.75) is 31.8 Å². The molecule has 98 valence electrons. The zero-order valence-electron chi connectivity index (χ0n) is 10.6. The van der Waals surface area contributed by atoms with Crippen LogP contribution in [-0.4, -0.2) is 21.0 Å². The molecule has 0 radical (unpaired) electrons. The molecule has 1 fully saturated rings. The van der Waals surface area contributed by atoms with Crippen LogP contribution in [0.4, 0.5) is 0 Å². The highest BCUT2D eigenvalue weighted by atomic mass is 16.1. The second-order valence-electron chi connectivity index (χ2n) is 4.88. The van der Waals surface area contributed by atoms with Gasteiger partial charge in [0.1, 0.15) is 5.82 Å². The molecule has 2 heterocycles. The standard InChI is InChI=1S/C14H16N4O/c19-14-7-12(9-16-11-3-4-11)17-13(18-14)6-10-2-1-5-15-8-10/h1-2,5,7-8,11,16H,3-4,6,9H2,(H,17,18,19). The Kier molecular flexibility index (Phi) is 3.37. The SMILES string of the molecule is O=c1cc(CNC2CC2)nc(Cc2cccnc2)[nH]1. The molecule has 0 saturated heterocycles. The Bertz CT molecular complexity index is 604. The molecule has 2 aromatic rings. The van der Waals surface area contributed by atoms with E-state index in [1.165, 1.54) is 12.8 Å². The fourth-order valence-electron chi connectivity index (χ4n) is 1.97. The Labute approximate surface area is 111 Å². The van der Waals surface area contributed by atoms with Crippen molar-refractivity contribution in [2.24, 2.45) is 0 Å². The van der Waals surface area contributed by atoms with E-state index in [4.69, 9.17) is 0 Å². The molecule has 5 heteroatoms. The van der Waals surface area contributed by atoms with Crippen molar-refractivity contribution in [3.05, 3.63) is 58.0 Å². The second-order valence-corrected chi connectivity index (χ2v) is 4.88. The van der Waals surface area contributed by atoms with Crippen molar-refractivity contribution >= 4 is 0 Å². The Balaban J connectivity index is 1.74. The molecule has 0 spiro atoms. The monoisotopic (exact) mass is 256 g/mol. The maximum Gasteiger partial charge on any atom is 0.251 e. The quantitative estimate of drug-likeness (QED) is 0.837. The van der Waals surface area contributed by atoms with Crippen molar-refractivity contribution < 1.29 is 0 Å². The van der Waals surface area contributed by atoms with Crippen molar-refractivity contribution in [3.63, 3.8) is 0 Å². The van der Waals surface area contributed by atoms with Crippen LogP contribution in [0.1, 0.15) is 29.9 Å². The minimum Gasteiger partial charge on any atom is -0.310 e. The van der Waals surface area contributed by atoms with Crippen LogP contribution in [-0.2, 0) is 13.0 Å². The molecule has 2 aromatic heterocycles. The summed E-state index contributed by atoms with van der Waals surface area (Å²) < 4.78 is 0. The fourth-order valence-corrected chi connectivity index (χ4v) is 1.97. The maximum absolute atomic E-state index is 11.6. The van der Waals surface area contributed by atoms with Crippen molar-refractivity contribution in [1.82, 2.24) is 20.3 Å². The van der Waals surface area contributed by atoms with E-state index in [1.807, 2.05) is 12.1 Å². The van der Waals surface area contributed by atoms with E-state index >= 15 is 0 Å². The number of H-pyrrole nitrogens is 1. The maximum atomic E-state index is 11.6. The highest BCUT2D eigenvalue weighted by Crippen LogP contribution is 2.18. The van der Waals surface area contributed by atoms with Crippen molar-refractivity contribution in [1.29, 1.82) is 0 Å². The molecule has 0 aliphatic heterocycles. The van der Waals surface area contributed by atoms with Gasteiger partial charge in [-0.3, -0.25) is 9.78 Å². The lowest BCUT2D eigenvalue weighted by Crippen LogP contribution is -2.20. The summed E-state index contributed by atoms with van der Waals surface area (Å²) in [5, 5.41) is 3.36. The number of rotatable bonds is 5. The van der Waals surface area contributed by atoms with Crippen molar-refractivity contribution in [3.8, 4) is 0 Å². The number of nitrogens with zero attached hydrogens (tertiary/aromatic N) is 2. The van der Waals surface area contributed by atoms with E-state index < -0.39 is 0 Å². The third-order valence-electron chi connectivity index (χ3n) is 3.09. The van der Waals surface area contributed by atoms with Gasteiger partial charge >= 0.3 is 0 Å². The van der Waals surface area contributed by atoms with Gasteiger partial charge in [0.05, 0.1) is 5.69 Å². The molecule has 1 saturated carbocycles. The summed E-state index contributed by atoms with van der Waals surface area (Å²) in [5.41, 5.74) is 1.74. The summed E-state index contributed by atoms with van der Waals surface area (Å²) in [5.74, 6) is 0.688. The third kappa shape index (κ3) is 3.48. The molecule has 0 bridgehead atoms. The first-order chi connectivity index (χ1) is 9.29. The topological polar surface area (TPSA) is 70.7 Å². The summed E-state index contributed by atoms with van der Waals surface area (Å²) in [4.78, 5) is 22.9. The highest BCUT2D eigenvalue weighted by molar-refractivity contribution is 5.15. The average molecular weight is 256 g/mol. The summed E-state index contributed by atoms with van der Waals surface area (Å²) in [7, 11) is 0. The smallest absolute Gasteiger partial charge is 0.251 e. The van der Waals surface area contributed by atoms with Crippen LogP contribution in [0.2, 0.25) is 0 Å². The lowest BCUT2D eigenvalue weighted by Gasteiger charge is -2.05. The Hall–Kier alpha value is -2.01. The van der Waals surface area contributed by atoms with Gasteiger partial charge in [-0.15, -0.1) is 0 Å². The van der Waals surface area contributed by atoms with Crippen LogP contribution in [0.25, 0.3) is 0 Å². The first-order valence-electron chi connectivity index (χ1n) is 6.51. The predicted molar refractivity (Wildman–Crippen MR) is 71.8 cm³/mol. The first kappa shape index (κ1) is 12.0. The molecule has 3 rings (SSSR count). The molecule has 5 nitrogen and oxygen atoms in total. The van der Waals surface area contributed by atoms with E-state index in [0.717, 1.165) is 11.3 Å². The summed E-state index contributed by atoms with van der Waals surface area (Å²) in [6, 6.07) is 6.03. The van der Waals surface area contributed by atoms with Gasteiger partial charge in [-0.05, 0) is 24.5 Å². The van der Waals surface area contributed by atoms with Gasteiger partial charge in [0, 0.05) is 37.5 Å². The van der Waals surface area contributed by atoms with Crippen LogP contribution in [0.3, 0.4) is 0 Å². The largest absolute Gasteiger partial charge is 0.310 e. The molecule has 0 atom stereocenters. The predicted octanol–water partition coefficient (Wildman–Crippen LogP) is 1.01. The van der Waals surface area contributed by atoms with Gasteiger partial charge in [-0.25, -0.2) is 4.98 Å². The highest BCUT2D eigenvalue weighted by Gasteiger charge is 2.20. The summed E-state index contributed by atoms with van der Waals surface area (Å²) >= 11 is 0. The van der Waals surface area contributed by atoms with Crippen LogP contribution >= 0.6 is 0 Å². The van der Waals surface area contributed by atoms with E-state index in [0.29, 0.717) is 24.8 Å². The number of pyridine rings is 1. The number of aromatic nitrogens is 3. The number of hydrogen-bond acceptors (Lipinski definition) is 4. The van der Waals surface area contributed by atoms with Crippen LogP contribution in [0.15, 0.2) is 35.4 Å². The zero-order chi connectivity index (χ0) is 13.1. The Morgan fingerprint density at radius 2 is 2.32 bits per heavy atom. The zero-order valence-corrected chi connectivity index (χ0v) is 10.6. The molecular formula is C14H16N4O. The van der Waals surface area contributed by atoms with Crippen LogP contribution in [0.5, 0.6) is 0 Å². The lowest BCUT2D eigenvalue weighted by atomic mass is 10.2. The van der Waals surface area contributed by atoms with Gasteiger partial charge in [-0.2, -0.15) is 0 Å². The fraction of sp³-hybridized carbons (Fsp3) is 0.357. The number of aromatic amines is 1. The van der Waals surface area contributed by atoms with Crippen LogP contribution < -0.4 is 10.9 Å². The van der Waals surface area contributed by atoms with Gasteiger partial charge in [0.25, 0.3) is 5.56 Å². The van der Waals surface area contributed by atoms with E-state index in [-0.39, 0.29) is 5.56 Å². The normalized spacial score (nSPS) is 14.5. The molecular weight excluding hydrogens is 240 g/mol. The lowest BCUT2D eigenvalue weighted by molar-refractivity contribution is 0.667. The number of hydrogen-bond donors (Lipinski definition) is 2. The molecule has 19 heavy (non-hydrogen) atoms. The van der Waals surface area contributed by atoms with Gasteiger partial charge in [0.2, 0.25) is 0 Å². The van der Waals surface area contributed by atoms with Gasteiger partial charge < -0.3 is 10.3 Å². The molecule has 0 amide bonds. The van der Waals surface area contributed by atoms with Crippen molar-refractivity contribution in [2.75, 3.05) is 0 Å². The van der Waals surface area contributed by atoms with E-state index in [2.05, 4.69) is 20.3 Å². The van der Waals surface area contributed by atoms with E-state index in [9.17, 15) is 4.79 Å². The molecule has 0 aromatic carbocycles. The Morgan fingerprint density at radius 3 is 3.05 bits per heavy atom. The average Bonchev–Trinajstić information content (AvgIpc) is 3.21. The molecule has 2 N–H and O–H groups in total. The molecule has 1 aliphatic carbocycles. The first-order valence-corrected chi connectivity index (χ1v) is 6.51. The van der Waals surface area contributed by atoms with E-state index in [1.54, 1.807) is 18.5 Å². The summed E-state index contributed by atoms with van der Waals surface area (Å²) in [6.45, 7) is 0.661. The van der Waals surface area contributed by atoms with Gasteiger partial charge in [-0.1, -0.05) is 6.07 Å². The Morgan fingerprint density at radius 1 is 1.42 bits per heavy atom. The summed E-state index contributed by atoms with van der Waals surface area (Å²) in [6.07, 6.45) is 6.57. The second kappa shape index (κ2) is 5.32. The number of nitrogens with one attached hydrogen (secondary N) is 2. The minimum absolute atomic E-state index is 0.0958.